The van der Waals surface area contributed by atoms with Crippen LogP contribution in [-0.2, 0) is 9.53 Å². The smallest absolute Gasteiger partial charge is 0.410 e. The van der Waals surface area contributed by atoms with Gasteiger partial charge in [-0.05, 0) is 65.0 Å². The predicted octanol–water partition coefficient (Wildman–Crippen LogP) is 3.70. The Hall–Kier alpha value is -2.77. The first-order valence-electron chi connectivity index (χ1n) is 11.2. The monoisotopic (exact) mass is 428 g/mol. The van der Waals surface area contributed by atoms with Crippen LogP contribution in [-0.4, -0.2) is 59.2 Å². The summed E-state index contributed by atoms with van der Waals surface area (Å²) in [6.07, 6.45) is 3.96. The lowest BCUT2D eigenvalue weighted by Gasteiger charge is -2.37. The van der Waals surface area contributed by atoms with E-state index < -0.39 is 5.60 Å². The van der Waals surface area contributed by atoms with Crippen LogP contribution >= 0.6 is 0 Å². The summed E-state index contributed by atoms with van der Waals surface area (Å²) in [5.41, 5.74) is 1.03. The number of rotatable bonds is 3. The molecule has 0 radical (unpaired) electrons. The van der Waals surface area contributed by atoms with Gasteiger partial charge in [-0.25, -0.2) is 4.79 Å². The standard InChI is InChI=1S/C23H32N4O4/c1-23(2,3)31-22(29)26-14-11-16(12-15-26)24-20(28)18-9-6-7-13-27(18)21-25-17-8-4-5-10-19(17)30-21/h4-5,8,10,16,18H,6-7,9,11-15H2,1-3H3,(H,24,28)/t18-/m0/s1. The number of hydrogen-bond acceptors (Lipinski definition) is 6. The maximum absolute atomic E-state index is 13.1. The molecular formula is C23H32N4O4. The van der Waals surface area contributed by atoms with Crippen molar-refractivity contribution < 1.29 is 18.7 Å². The zero-order chi connectivity index (χ0) is 22.0. The molecular weight excluding hydrogens is 396 g/mol. The van der Waals surface area contributed by atoms with Gasteiger partial charge >= 0.3 is 6.09 Å². The minimum atomic E-state index is -0.503. The third-order valence-electron chi connectivity index (χ3n) is 5.83. The van der Waals surface area contributed by atoms with Crippen LogP contribution < -0.4 is 10.2 Å². The molecule has 8 nitrogen and oxygen atoms in total. The van der Waals surface area contributed by atoms with Gasteiger partial charge in [-0.1, -0.05) is 12.1 Å². The number of oxazole rings is 1. The van der Waals surface area contributed by atoms with Gasteiger partial charge in [0.15, 0.2) is 5.58 Å². The van der Waals surface area contributed by atoms with Gasteiger partial charge in [-0.2, -0.15) is 4.98 Å². The Labute approximate surface area is 182 Å². The Morgan fingerprint density at radius 1 is 1.10 bits per heavy atom. The molecule has 1 aromatic carbocycles. The summed E-state index contributed by atoms with van der Waals surface area (Å²) in [7, 11) is 0. The van der Waals surface area contributed by atoms with Gasteiger partial charge in [0.2, 0.25) is 5.91 Å². The van der Waals surface area contributed by atoms with Gasteiger partial charge in [0, 0.05) is 25.7 Å². The maximum Gasteiger partial charge on any atom is 0.410 e. The van der Waals surface area contributed by atoms with E-state index in [4.69, 9.17) is 9.15 Å². The number of amides is 2. The first-order chi connectivity index (χ1) is 14.8. The van der Waals surface area contributed by atoms with Gasteiger partial charge in [0.25, 0.3) is 6.01 Å². The minimum Gasteiger partial charge on any atom is -0.444 e. The molecule has 31 heavy (non-hydrogen) atoms. The number of ether oxygens (including phenoxy) is 1. The first-order valence-corrected chi connectivity index (χ1v) is 11.2. The fraction of sp³-hybridized carbons (Fsp3) is 0.609. The van der Waals surface area contributed by atoms with Crippen LogP contribution in [0.5, 0.6) is 0 Å². The molecule has 168 valence electrons. The Morgan fingerprint density at radius 2 is 1.84 bits per heavy atom. The second-order valence-electron chi connectivity index (χ2n) is 9.42. The highest BCUT2D eigenvalue weighted by Gasteiger charge is 2.34. The van der Waals surface area contributed by atoms with Crippen LogP contribution in [0.3, 0.4) is 0 Å². The Morgan fingerprint density at radius 3 is 2.55 bits per heavy atom. The number of piperidine rings is 2. The fourth-order valence-electron chi connectivity index (χ4n) is 4.25. The van der Waals surface area contributed by atoms with Crippen LogP contribution in [0.1, 0.15) is 52.9 Å². The van der Waals surface area contributed by atoms with E-state index in [1.165, 1.54) is 0 Å². The number of para-hydroxylation sites is 2. The van der Waals surface area contributed by atoms with Crippen molar-refractivity contribution in [2.75, 3.05) is 24.5 Å². The van der Waals surface area contributed by atoms with Gasteiger partial charge in [-0.15, -0.1) is 0 Å². The molecule has 2 aliphatic heterocycles. The Bertz CT molecular complexity index is 894. The lowest BCUT2D eigenvalue weighted by molar-refractivity contribution is -0.123. The largest absolute Gasteiger partial charge is 0.444 e. The molecule has 1 aromatic heterocycles. The van der Waals surface area contributed by atoms with Crippen LogP contribution in [0.15, 0.2) is 28.7 Å². The summed E-state index contributed by atoms with van der Waals surface area (Å²) in [6, 6.07) is 7.94. The van der Waals surface area contributed by atoms with Crippen molar-refractivity contribution in [2.24, 2.45) is 0 Å². The molecule has 4 rings (SSSR count). The summed E-state index contributed by atoms with van der Waals surface area (Å²) in [5, 5.41) is 3.20. The molecule has 1 N–H and O–H groups in total. The van der Waals surface area contributed by atoms with Crippen molar-refractivity contribution in [1.29, 1.82) is 0 Å². The van der Waals surface area contributed by atoms with E-state index in [2.05, 4.69) is 10.3 Å². The number of hydrogen-bond donors (Lipinski definition) is 1. The summed E-state index contributed by atoms with van der Waals surface area (Å²) < 4.78 is 11.4. The second kappa shape index (κ2) is 8.77. The van der Waals surface area contributed by atoms with Gasteiger partial charge in [0.1, 0.15) is 17.2 Å². The van der Waals surface area contributed by atoms with E-state index in [1.807, 2.05) is 49.9 Å². The van der Waals surface area contributed by atoms with Crippen molar-refractivity contribution in [3.05, 3.63) is 24.3 Å². The van der Waals surface area contributed by atoms with Crippen molar-refractivity contribution in [1.82, 2.24) is 15.2 Å². The van der Waals surface area contributed by atoms with E-state index >= 15 is 0 Å². The number of nitrogens with one attached hydrogen (secondary N) is 1. The lowest BCUT2D eigenvalue weighted by atomic mass is 10.00. The lowest BCUT2D eigenvalue weighted by Crippen LogP contribution is -2.54. The van der Waals surface area contributed by atoms with Crippen molar-refractivity contribution in [2.45, 2.75) is 70.6 Å². The van der Waals surface area contributed by atoms with Crippen LogP contribution in [0.4, 0.5) is 10.8 Å². The molecule has 0 spiro atoms. The maximum atomic E-state index is 13.1. The van der Waals surface area contributed by atoms with E-state index in [-0.39, 0.29) is 24.1 Å². The number of benzene rings is 1. The summed E-state index contributed by atoms with van der Waals surface area (Å²) in [6.45, 7) is 7.51. The minimum absolute atomic E-state index is 0.0117. The molecule has 2 aromatic rings. The molecule has 0 unspecified atom stereocenters. The molecule has 2 fully saturated rings. The van der Waals surface area contributed by atoms with E-state index in [1.54, 1.807) is 4.90 Å². The molecule has 2 aliphatic rings. The topological polar surface area (TPSA) is 87.9 Å². The number of anilines is 1. The van der Waals surface area contributed by atoms with Crippen molar-refractivity contribution in [3.63, 3.8) is 0 Å². The summed E-state index contributed by atoms with van der Waals surface area (Å²) >= 11 is 0. The van der Waals surface area contributed by atoms with Gasteiger partial charge < -0.3 is 24.3 Å². The van der Waals surface area contributed by atoms with E-state index in [9.17, 15) is 9.59 Å². The van der Waals surface area contributed by atoms with Gasteiger partial charge in [-0.3, -0.25) is 4.79 Å². The molecule has 0 saturated carbocycles. The number of carbonyl (C=O) groups is 2. The Kier molecular flexibility index (Phi) is 6.07. The quantitative estimate of drug-likeness (QED) is 0.802. The summed E-state index contributed by atoms with van der Waals surface area (Å²) in [5.74, 6) is 0.0117. The molecule has 8 heteroatoms. The average Bonchev–Trinajstić information content (AvgIpc) is 3.17. The highest BCUT2D eigenvalue weighted by Crippen LogP contribution is 2.28. The zero-order valence-corrected chi connectivity index (χ0v) is 18.6. The third-order valence-corrected chi connectivity index (χ3v) is 5.83. The van der Waals surface area contributed by atoms with E-state index in [0.29, 0.717) is 19.1 Å². The highest BCUT2D eigenvalue weighted by atomic mass is 16.6. The number of fused-ring (bicyclic) bond motifs is 1. The number of aromatic nitrogens is 1. The SMILES string of the molecule is CC(C)(C)OC(=O)N1CCC(NC(=O)[C@@H]2CCCCN2c2nc3ccccc3o2)CC1. The third kappa shape index (κ3) is 5.11. The molecule has 2 amide bonds. The predicted molar refractivity (Wildman–Crippen MR) is 118 cm³/mol. The fourth-order valence-corrected chi connectivity index (χ4v) is 4.25. The summed E-state index contributed by atoms with van der Waals surface area (Å²) in [4.78, 5) is 33.7. The number of nitrogens with zero attached hydrogens (tertiary/aromatic N) is 3. The molecule has 2 saturated heterocycles. The van der Waals surface area contributed by atoms with Crippen molar-refractivity contribution >= 4 is 29.1 Å². The highest BCUT2D eigenvalue weighted by molar-refractivity contribution is 5.85. The normalized spacial score (nSPS) is 20.7. The number of carbonyl (C=O) groups excluding carboxylic acids is 2. The van der Waals surface area contributed by atoms with Crippen LogP contribution in [0.2, 0.25) is 0 Å². The van der Waals surface area contributed by atoms with Gasteiger partial charge in [0.05, 0.1) is 0 Å². The van der Waals surface area contributed by atoms with E-state index in [0.717, 1.165) is 49.7 Å². The number of likely N-dealkylation sites (tertiary alicyclic amines) is 1. The average molecular weight is 429 g/mol. The zero-order valence-electron chi connectivity index (χ0n) is 18.6. The first kappa shape index (κ1) is 21.5. The molecule has 0 bridgehead atoms. The molecule has 0 aliphatic carbocycles. The Balaban J connectivity index is 1.36. The van der Waals surface area contributed by atoms with Crippen molar-refractivity contribution in [3.8, 4) is 0 Å². The second-order valence-corrected chi connectivity index (χ2v) is 9.42. The molecule has 1 atom stereocenters. The van der Waals surface area contributed by atoms with Crippen LogP contribution in [0, 0.1) is 0 Å². The van der Waals surface area contributed by atoms with Crippen LogP contribution in [0.25, 0.3) is 11.1 Å². The molecule has 3 heterocycles.